The molecule has 0 fully saturated rings. The van der Waals surface area contributed by atoms with Crippen molar-refractivity contribution in [1.29, 1.82) is 0 Å². The molecule has 5 heteroatoms. The van der Waals surface area contributed by atoms with Crippen LogP contribution in [0.5, 0.6) is 5.75 Å². The van der Waals surface area contributed by atoms with Crippen molar-refractivity contribution in [2.24, 2.45) is 0 Å². The van der Waals surface area contributed by atoms with Crippen LogP contribution in [0.3, 0.4) is 0 Å². The Morgan fingerprint density at radius 2 is 2.00 bits per heavy atom. The van der Waals surface area contributed by atoms with Gasteiger partial charge in [0.2, 0.25) is 0 Å². The van der Waals surface area contributed by atoms with Crippen LogP contribution in [0.15, 0.2) is 42.5 Å². The lowest BCUT2D eigenvalue weighted by Crippen LogP contribution is -2.26. The number of aryl methyl sites for hydroxylation is 1. The maximum atomic E-state index is 13.4. The highest BCUT2D eigenvalue weighted by Crippen LogP contribution is 2.25. The van der Waals surface area contributed by atoms with Gasteiger partial charge in [-0.3, -0.25) is 0 Å². The number of hydrogen-bond donors (Lipinski definition) is 2. The van der Waals surface area contributed by atoms with Crippen LogP contribution in [0.1, 0.15) is 5.56 Å². The molecule has 0 aliphatic rings. The molecule has 1 atom stereocenters. The average Bonchev–Trinajstić information content (AvgIpc) is 2.46. The highest BCUT2D eigenvalue weighted by Gasteiger charge is 2.09. The zero-order chi connectivity index (χ0) is 15.2. The van der Waals surface area contributed by atoms with E-state index >= 15 is 0 Å². The van der Waals surface area contributed by atoms with E-state index in [0.717, 1.165) is 11.3 Å². The predicted molar refractivity (Wildman–Crippen MR) is 82.6 cm³/mol. The number of halogens is 2. The van der Waals surface area contributed by atoms with E-state index < -0.39 is 11.9 Å². The quantitative estimate of drug-likeness (QED) is 0.856. The number of anilines is 1. The highest BCUT2D eigenvalue weighted by molar-refractivity contribution is 6.33. The first-order valence-corrected chi connectivity index (χ1v) is 7.00. The van der Waals surface area contributed by atoms with E-state index in [4.69, 9.17) is 16.3 Å². The molecular formula is C16H17ClFNO2. The van der Waals surface area contributed by atoms with E-state index in [9.17, 15) is 9.50 Å². The molecule has 0 aliphatic carbocycles. The van der Waals surface area contributed by atoms with E-state index in [1.165, 1.54) is 12.1 Å². The van der Waals surface area contributed by atoms with E-state index in [0.29, 0.717) is 5.02 Å². The van der Waals surface area contributed by atoms with Crippen LogP contribution in [-0.4, -0.2) is 24.4 Å². The molecule has 0 aromatic heterocycles. The van der Waals surface area contributed by atoms with E-state index in [1.807, 2.05) is 19.1 Å². The first kappa shape index (κ1) is 15.6. The van der Waals surface area contributed by atoms with Crippen molar-refractivity contribution in [2.75, 3.05) is 18.5 Å². The van der Waals surface area contributed by atoms with Crippen molar-refractivity contribution in [2.45, 2.75) is 13.0 Å². The lowest BCUT2D eigenvalue weighted by atomic mass is 10.2. The molecule has 1 unspecified atom stereocenters. The van der Waals surface area contributed by atoms with Gasteiger partial charge in [-0.1, -0.05) is 35.9 Å². The minimum atomic E-state index is -0.778. The van der Waals surface area contributed by atoms with Crippen molar-refractivity contribution < 1.29 is 14.2 Å². The fourth-order valence-electron chi connectivity index (χ4n) is 1.88. The van der Waals surface area contributed by atoms with Gasteiger partial charge in [0, 0.05) is 6.54 Å². The average molecular weight is 310 g/mol. The Balaban J connectivity index is 1.85. The summed E-state index contributed by atoms with van der Waals surface area (Å²) in [5.41, 5.74) is 1.77. The van der Waals surface area contributed by atoms with Gasteiger partial charge in [0.25, 0.3) is 0 Å². The number of rotatable bonds is 6. The van der Waals surface area contributed by atoms with Gasteiger partial charge in [0.1, 0.15) is 12.7 Å². The van der Waals surface area contributed by atoms with Crippen LogP contribution in [0.4, 0.5) is 10.1 Å². The first-order valence-electron chi connectivity index (χ1n) is 6.62. The minimum Gasteiger partial charge on any atom is -0.488 e. The second-order valence-corrected chi connectivity index (χ2v) is 5.12. The molecule has 0 heterocycles. The Morgan fingerprint density at radius 1 is 1.24 bits per heavy atom. The summed E-state index contributed by atoms with van der Waals surface area (Å²) in [7, 11) is 0. The third-order valence-corrected chi connectivity index (χ3v) is 3.32. The topological polar surface area (TPSA) is 41.5 Å². The second-order valence-electron chi connectivity index (χ2n) is 4.71. The second kappa shape index (κ2) is 7.29. The number of benzene rings is 2. The summed E-state index contributed by atoms with van der Waals surface area (Å²) in [6, 6.07) is 11.7. The van der Waals surface area contributed by atoms with Gasteiger partial charge in [-0.25, -0.2) is 4.39 Å². The summed E-state index contributed by atoms with van der Waals surface area (Å²) in [5.74, 6) is -0.315. The molecule has 0 saturated heterocycles. The Kier molecular flexibility index (Phi) is 5.42. The molecule has 0 aliphatic heterocycles. The Morgan fingerprint density at radius 3 is 2.71 bits per heavy atom. The van der Waals surface area contributed by atoms with Gasteiger partial charge < -0.3 is 15.2 Å². The number of aliphatic hydroxyl groups excluding tert-OH is 1. The maximum absolute atomic E-state index is 13.4. The molecule has 3 nitrogen and oxygen atoms in total. The monoisotopic (exact) mass is 309 g/mol. The van der Waals surface area contributed by atoms with Gasteiger partial charge >= 0.3 is 0 Å². The predicted octanol–water partition coefficient (Wildman–Crippen LogP) is 3.64. The summed E-state index contributed by atoms with van der Waals surface area (Å²) in [4.78, 5) is 0. The Bertz CT molecular complexity index is 586. The molecule has 2 aromatic rings. The molecular weight excluding hydrogens is 293 g/mol. The highest BCUT2D eigenvalue weighted by atomic mass is 35.5. The van der Waals surface area contributed by atoms with Crippen molar-refractivity contribution in [3.63, 3.8) is 0 Å². The largest absolute Gasteiger partial charge is 0.488 e. The van der Waals surface area contributed by atoms with Crippen LogP contribution in [0, 0.1) is 12.7 Å². The maximum Gasteiger partial charge on any atom is 0.165 e. The molecule has 112 valence electrons. The zero-order valence-electron chi connectivity index (χ0n) is 11.6. The molecule has 0 saturated carbocycles. The van der Waals surface area contributed by atoms with Crippen LogP contribution in [0.25, 0.3) is 0 Å². The Labute approximate surface area is 128 Å². The van der Waals surface area contributed by atoms with Gasteiger partial charge in [0.05, 0.1) is 10.7 Å². The number of ether oxygens (including phenoxy) is 1. The molecule has 2 N–H and O–H groups in total. The van der Waals surface area contributed by atoms with Crippen LogP contribution < -0.4 is 10.1 Å². The molecule has 0 spiro atoms. The van der Waals surface area contributed by atoms with Crippen molar-refractivity contribution in [1.82, 2.24) is 0 Å². The first-order chi connectivity index (χ1) is 10.1. The third-order valence-electron chi connectivity index (χ3n) is 3.00. The lowest BCUT2D eigenvalue weighted by Gasteiger charge is -2.16. The summed E-state index contributed by atoms with van der Waals surface area (Å²) < 4.78 is 18.6. The van der Waals surface area contributed by atoms with Gasteiger partial charge in [-0.05, 0) is 30.7 Å². The number of hydrogen-bond acceptors (Lipinski definition) is 3. The number of aliphatic hydroxyl groups is 1. The minimum absolute atomic E-state index is 0.00255. The standard InChI is InChI=1S/C16H17ClFNO2/c1-11-5-4-6-13(17)16(11)19-9-12(20)10-21-15-8-3-2-7-14(15)18/h2-8,12,19-20H,9-10H2,1H3. The van der Waals surface area contributed by atoms with Gasteiger partial charge in [-0.15, -0.1) is 0 Å². The lowest BCUT2D eigenvalue weighted by molar-refractivity contribution is 0.115. The number of nitrogens with one attached hydrogen (secondary N) is 1. The number of para-hydroxylation sites is 2. The zero-order valence-corrected chi connectivity index (χ0v) is 12.4. The van der Waals surface area contributed by atoms with Crippen molar-refractivity contribution in [3.8, 4) is 5.75 Å². The normalized spacial score (nSPS) is 12.0. The van der Waals surface area contributed by atoms with E-state index in [1.54, 1.807) is 18.2 Å². The fourth-order valence-corrected chi connectivity index (χ4v) is 2.17. The third kappa shape index (κ3) is 4.34. The Hall–Kier alpha value is -1.78. The molecule has 0 amide bonds. The summed E-state index contributed by atoms with van der Waals surface area (Å²) in [6.07, 6.45) is -0.778. The van der Waals surface area contributed by atoms with E-state index in [2.05, 4.69) is 5.32 Å². The summed E-state index contributed by atoms with van der Waals surface area (Å²) in [5, 5.41) is 13.6. The summed E-state index contributed by atoms with van der Waals surface area (Å²) >= 11 is 6.08. The van der Waals surface area contributed by atoms with Crippen LogP contribution >= 0.6 is 11.6 Å². The van der Waals surface area contributed by atoms with E-state index in [-0.39, 0.29) is 18.9 Å². The molecule has 0 radical (unpaired) electrons. The molecule has 2 aromatic carbocycles. The summed E-state index contributed by atoms with van der Waals surface area (Å²) in [6.45, 7) is 2.19. The molecule has 2 rings (SSSR count). The van der Waals surface area contributed by atoms with Crippen LogP contribution in [0.2, 0.25) is 5.02 Å². The van der Waals surface area contributed by atoms with Crippen molar-refractivity contribution in [3.05, 3.63) is 58.9 Å². The van der Waals surface area contributed by atoms with Crippen LogP contribution in [-0.2, 0) is 0 Å². The van der Waals surface area contributed by atoms with Gasteiger partial charge in [-0.2, -0.15) is 0 Å². The molecule has 0 bridgehead atoms. The fraction of sp³-hybridized carbons (Fsp3) is 0.250. The SMILES string of the molecule is Cc1cccc(Cl)c1NCC(O)COc1ccccc1F. The van der Waals surface area contributed by atoms with Gasteiger partial charge in [0.15, 0.2) is 11.6 Å². The van der Waals surface area contributed by atoms with Crippen molar-refractivity contribution >= 4 is 17.3 Å². The smallest absolute Gasteiger partial charge is 0.165 e. The molecule has 21 heavy (non-hydrogen) atoms.